The molecule has 2 aromatic rings. The molecule has 0 aliphatic heterocycles. The Morgan fingerprint density at radius 3 is 2.75 bits per heavy atom. The van der Waals surface area contributed by atoms with E-state index in [1.165, 1.54) is 0 Å². The van der Waals surface area contributed by atoms with E-state index in [-0.39, 0.29) is 11.6 Å². The van der Waals surface area contributed by atoms with Crippen LogP contribution in [0.3, 0.4) is 0 Å². The second kappa shape index (κ2) is 4.23. The van der Waals surface area contributed by atoms with Gasteiger partial charge in [-0.3, -0.25) is 5.41 Å². The number of benzene rings is 2. The lowest BCUT2D eigenvalue weighted by Crippen LogP contribution is -2.05. The number of rotatable bonds is 2. The molecule has 0 heterocycles. The predicted octanol–water partition coefficient (Wildman–Crippen LogP) is 2.91. The zero-order valence-electron chi connectivity index (χ0n) is 9.03. The second-order valence-electron chi connectivity index (χ2n) is 3.44. The minimum Gasteiger partial charge on any atom is -0.507 e. The fourth-order valence-electron chi connectivity index (χ4n) is 1.72. The Bertz CT molecular complexity index is 534. The minimum atomic E-state index is 0.0109. The molecule has 0 spiro atoms. The number of phenolic OH excluding ortho intramolecular Hbond substituents is 1. The largest absolute Gasteiger partial charge is 0.507 e. The monoisotopic (exact) mass is 215 g/mol. The van der Waals surface area contributed by atoms with Crippen molar-refractivity contribution in [3.8, 4) is 5.75 Å². The molecule has 0 atom stereocenters. The first kappa shape index (κ1) is 10.5. The van der Waals surface area contributed by atoms with Gasteiger partial charge in [0.25, 0.3) is 0 Å². The van der Waals surface area contributed by atoms with Gasteiger partial charge in [0.1, 0.15) is 5.75 Å². The van der Waals surface area contributed by atoms with Crippen LogP contribution >= 0.6 is 0 Å². The minimum absolute atomic E-state index is 0.0109. The van der Waals surface area contributed by atoms with E-state index < -0.39 is 0 Å². The van der Waals surface area contributed by atoms with E-state index in [0.29, 0.717) is 12.2 Å². The van der Waals surface area contributed by atoms with Crippen LogP contribution in [0.5, 0.6) is 5.75 Å². The molecular formula is C13H13NO2. The maximum Gasteiger partial charge on any atom is 0.217 e. The Morgan fingerprint density at radius 1 is 1.25 bits per heavy atom. The van der Waals surface area contributed by atoms with Crippen molar-refractivity contribution in [2.24, 2.45) is 0 Å². The first-order chi connectivity index (χ1) is 7.74. The van der Waals surface area contributed by atoms with Crippen LogP contribution in [0.15, 0.2) is 36.4 Å². The van der Waals surface area contributed by atoms with Crippen molar-refractivity contribution in [3.05, 3.63) is 42.0 Å². The van der Waals surface area contributed by atoms with E-state index in [4.69, 9.17) is 10.1 Å². The molecule has 0 unspecified atom stereocenters. The van der Waals surface area contributed by atoms with Crippen LogP contribution in [0, 0.1) is 5.41 Å². The van der Waals surface area contributed by atoms with Crippen LogP contribution < -0.4 is 0 Å². The molecule has 0 saturated heterocycles. The topological polar surface area (TPSA) is 53.3 Å². The molecule has 2 rings (SSSR count). The number of hydrogen-bond acceptors (Lipinski definition) is 3. The SMILES string of the molecule is CCOC(=N)c1c(O)ccc2ccccc12. The lowest BCUT2D eigenvalue weighted by molar-refractivity contribution is 0.324. The lowest BCUT2D eigenvalue weighted by Gasteiger charge is -2.10. The van der Waals surface area contributed by atoms with Gasteiger partial charge >= 0.3 is 0 Å². The summed E-state index contributed by atoms with van der Waals surface area (Å²) >= 11 is 0. The normalized spacial score (nSPS) is 10.3. The van der Waals surface area contributed by atoms with Gasteiger partial charge < -0.3 is 9.84 Å². The molecule has 82 valence electrons. The predicted molar refractivity (Wildman–Crippen MR) is 64.1 cm³/mol. The van der Waals surface area contributed by atoms with Crippen molar-refractivity contribution in [1.29, 1.82) is 5.41 Å². The molecule has 0 bridgehead atoms. The average molecular weight is 215 g/mol. The third-order valence-electron chi connectivity index (χ3n) is 2.42. The van der Waals surface area contributed by atoms with Gasteiger partial charge in [-0.2, -0.15) is 0 Å². The van der Waals surface area contributed by atoms with Gasteiger partial charge in [-0.05, 0) is 23.8 Å². The lowest BCUT2D eigenvalue weighted by atomic mass is 10.0. The van der Waals surface area contributed by atoms with Crippen molar-refractivity contribution >= 4 is 16.7 Å². The number of ether oxygens (including phenoxy) is 1. The molecule has 0 fully saturated rings. The number of fused-ring (bicyclic) bond motifs is 1. The molecule has 0 aromatic heterocycles. The van der Waals surface area contributed by atoms with Gasteiger partial charge in [-0.15, -0.1) is 0 Å². The Balaban J connectivity index is 2.66. The average Bonchev–Trinajstić information content (AvgIpc) is 2.29. The molecule has 2 aromatic carbocycles. The molecule has 3 heteroatoms. The summed E-state index contributed by atoms with van der Waals surface area (Å²) in [5.41, 5.74) is 0.458. The van der Waals surface area contributed by atoms with E-state index in [1.807, 2.05) is 37.3 Å². The molecule has 0 aliphatic rings. The van der Waals surface area contributed by atoms with E-state index >= 15 is 0 Å². The number of phenols is 1. The maximum absolute atomic E-state index is 9.78. The highest BCUT2D eigenvalue weighted by molar-refractivity contribution is 6.08. The quantitative estimate of drug-likeness (QED) is 0.597. The number of hydrogen-bond donors (Lipinski definition) is 2. The van der Waals surface area contributed by atoms with Crippen LogP contribution in [0.4, 0.5) is 0 Å². The van der Waals surface area contributed by atoms with Crippen molar-refractivity contribution in [2.75, 3.05) is 6.61 Å². The highest BCUT2D eigenvalue weighted by Crippen LogP contribution is 2.27. The summed E-state index contributed by atoms with van der Waals surface area (Å²) in [6.07, 6.45) is 0. The van der Waals surface area contributed by atoms with Crippen LogP contribution in [0.1, 0.15) is 12.5 Å². The van der Waals surface area contributed by atoms with E-state index in [2.05, 4.69) is 0 Å². The van der Waals surface area contributed by atoms with Crippen LogP contribution in [0.2, 0.25) is 0 Å². The smallest absolute Gasteiger partial charge is 0.217 e. The molecule has 0 amide bonds. The standard InChI is InChI=1S/C13H13NO2/c1-2-16-13(14)12-10-6-4-3-5-9(10)7-8-11(12)15/h3-8,14-15H,2H2,1H3. The van der Waals surface area contributed by atoms with Gasteiger partial charge in [0.15, 0.2) is 0 Å². The first-order valence-corrected chi connectivity index (χ1v) is 5.16. The number of aromatic hydroxyl groups is 1. The zero-order valence-corrected chi connectivity index (χ0v) is 9.03. The fourth-order valence-corrected chi connectivity index (χ4v) is 1.72. The van der Waals surface area contributed by atoms with Crippen molar-refractivity contribution < 1.29 is 9.84 Å². The molecule has 16 heavy (non-hydrogen) atoms. The summed E-state index contributed by atoms with van der Waals surface area (Å²) in [5.74, 6) is 0.0916. The summed E-state index contributed by atoms with van der Waals surface area (Å²) in [5, 5.41) is 19.4. The maximum atomic E-state index is 9.78. The summed E-state index contributed by atoms with van der Waals surface area (Å²) in [4.78, 5) is 0. The van der Waals surface area contributed by atoms with Crippen molar-refractivity contribution in [3.63, 3.8) is 0 Å². The van der Waals surface area contributed by atoms with Gasteiger partial charge in [-0.1, -0.05) is 30.3 Å². The van der Waals surface area contributed by atoms with E-state index in [0.717, 1.165) is 10.8 Å². The molecule has 2 N–H and O–H groups in total. The third kappa shape index (κ3) is 1.72. The Kier molecular flexibility index (Phi) is 2.77. The highest BCUT2D eigenvalue weighted by atomic mass is 16.5. The summed E-state index contributed by atoms with van der Waals surface area (Å²) in [7, 11) is 0. The second-order valence-corrected chi connectivity index (χ2v) is 3.44. The van der Waals surface area contributed by atoms with E-state index in [1.54, 1.807) is 6.07 Å². The Labute approximate surface area is 93.8 Å². The molecule has 3 nitrogen and oxygen atoms in total. The molecule has 0 aliphatic carbocycles. The van der Waals surface area contributed by atoms with E-state index in [9.17, 15) is 5.11 Å². The Morgan fingerprint density at radius 2 is 2.00 bits per heavy atom. The molecule has 0 saturated carbocycles. The fraction of sp³-hybridized carbons (Fsp3) is 0.154. The number of nitrogens with one attached hydrogen (secondary N) is 1. The highest BCUT2D eigenvalue weighted by Gasteiger charge is 2.12. The molecular weight excluding hydrogens is 202 g/mol. The van der Waals surface area contributed by atoms with Crippen LogP contribution in [0.25, 0.3) is 10.8 Å². The summed E-state index contributed by atoms with van der Waals surface area (Å²) < 4.78 is 5.14. The van der Waals surface area contributed by atoms with Gasteiger partial charge in [0, 0.05) is 0 Å². The van der Waals surface area contributed by atoms with Gasteiger partial charge in [0.2, 0.25) is 5.90 Å². The van der Waals surface area contributed by atoms with Gasteiger partial charge in [0.05, 0.1) is 12.2 Å². The first-order valence-electron chi connectivity index (χ1n) is 5.16. The Hall–Kier alpha value is -2.03. The zero-order chi connectivity index (χ0) is 11.5. The summed E-state index contributed by atoms with van der Waals surface area (Å²) in [6.45, 7) is 2.23. The van der Waals surface area contributed by atoms with Crippen LogP contribution in [-0.2, 0) is 4.74 Å². The van der Waals surface area contributed by atoms with Gasteiger partial charge in [-0.25, -0.2) is 0 Å². The van der Waals surface area contributed by atoms with Crippen molar-refractivity contribution in [1.82, 2.24) is 0 Å². The third-order valence-corrected chi connectivity index (χ3v) is 2.42. The van der Waals surface area contributed by atoms with Crippen molar-refractivity contribution in [2.45, 2.75) is 6.92 Å². The summed E-state index contributed by atoms with van der Waals surface area (Å²) in [6, 6.07) is 11.0. The van der Waals surface area contributed by atoms with Crippen LogP contribution in [-0.4, -0.2) is 17.6 Å². The molecule has 0 radical (unpaired) electrons.